The predicted molar refractivity (Wildman–Crippen MR) is 110 cm³/mol. The van der Waals surface area contributed by atoms with Crippen molar-refractivity contribution in [2.24, 2.45) is 0 Å². The van der Waals surface area contributed by atoms with Crippen LogP contribution >= 0.6 is 0 Å². The third-order valence-corrected chi connectivity index (χ3v) is 5.47. The molecule has 1 aliphatic heterocycles. The Morgan fingerprint density at radius 1 is 1.14 bits per heavy atom. The van der Waals surface area contributed by atoms with Crippen LogP contribution in [0.15, 0.2) is 36.4 Å². The molecule has 0 atom stereocenters. The first-order valence-corrected chi connectivity index (χ1v) is 9.81. The van der Waals surface area contributed by atoms with Crippen molar-refractivity contribution in [3.63, 3.8) is 0 Å². The molecule has 1 heterocycles. The van der Waals surface area contributed by atoms with Gasteiger partial charge in [-0.1, -0.05) is 38.1 Å². The van der Waals surface area contributed by atoms with Crippen LogP contribution in [0.3, 0.4) is 0 Å². The number of nitro groups is 1. The van der Waals surface area contributed by atoms with Gasteiger partial charge in [-0.2, -0.15) is 0 Å². The van der Waals surface area contributed by atoms with Crippen molar-refractivity contribution in [2.45, 2.75) is 33.2 Å². The smallest absolute Gasteiger partial charge is 0.276 e. The van der Waals surface area contributed by atoms with Gasteiger partial charge < -0.3 is 4.90 Å². The number of amides is 1. The maximum atomic E-state index is 14.0. The molecular formula is C22H26FN3O3. The van der Waals surface area contributed by atoms with Gasteiger partial charge in [0.1, 0.15) is 5.82 Å². The summed E-state index contributed by atoms with van der Waals surface area (Å²) in [5.74, 6) is -0.597. The highest BCUT2D eigenvalue weighted by molar-refractivity contribution is 5.95. The number of hydrogen-bond donors (Lipinski definition) is 0. The molecule has 2 aromatic rings. The number of nitrogens with zero attached hydrogens (tertiary/aromatic N) is 3. The zero-order chi connectivity index (χ0) is 21.1. The lowest BCUT2D eigenvalue weighted by Crippen LogP contribution is -2.48. The van der Waals surface area contributed by atoms with Crippen molar-refractivity contribution in [2.75, 3.05) is 26.2 Å². The van der Waals surface area contributed by atoms with E-state index in [0.717, 1.165) is 12.6 Å². The molecular weight excluding hydrogens is 373 g/mol. The number of nitro benzene ring substituents is 1. The Morgan fingerprint density at radius 3 is 2.31 bits per heavy atom. The van der Waals surface area contributed by atoms with Gasteiger partial charge in [0.25, 0.3) is 11.6 Å². The number of rotatable bonds is 5. The molecule has 0 aliphatic carbocycles. The standard InChI is InChI=1S/C22H26FN3O3/c1-15(2)18-6-4-17(5-7-18)14-24-8-10-25(11-9-24)22(27)19-12-20(23)16(3)21(13-19)26(28)29/h4-7,12-13,15H,8-11,14H2,1-3H3. The fraction of sp³-hybridized carbons (Fsp3) is 0.409. The van der Waals surface area contributed by atoms with E-state index >= 15 is 0 Å². The SMILES string of the molecule is Cc1c(F)cc(C(=O)N2CCN(Cc3ccc(C(C)C)cc3)CC2)cc1[N+](=O)[O-]. The summed E-state index contributed by atoms with van der Waals surface area (Å²) in [6, 6.07) is 10.8. The molecule has 0 bridgehead atoms. The van der Waals surface area contributed by atoms with Crippen molar-refractivity contribution in [3.8, 4) is 0 Å². The van der Waals surface area contributed by atoms with Crippen LogP contribution in [0.5, 0.6) is 0 Å². The van der Waals surface area contributed by atoms with Crippen molar-refractivity contribution in [3.05, 3.63) is 74.6 Å². The van der Waals surface area contributed by atoms with Crippen molar-refractivity contribution < 1.29 is 14.1 Å². The fourth-order valence-corrected chi connectivity index (χ4v) is 3.54. The van der Waals surface area contributed by atoms with Crippen LogP contribution in [0, 0.1) is 22.9 Å². The Labute approximate surface area is 170 Å². The number of hydrogen-bond acceptors (Lipinski definition) is 4. The van der Waals surface area contributed by atoms with Crippen LogP contribution in [0.25, 0.3) is 0 Å². The third-order valence-electron chi connectivity index (χ3n) is 5.47. The molecule has 0 radical (unpaired) electrons. The van der Waals surface area contributed by atoms with E-state index in [1.165, 1.54) is 24.1 Å². The lowest BCUT2D eigenvalue weighted by atomic mass is 10.0. The summed E-state index contributed by atoms with van der Waals surface area (Å²) in [6.07, 6.45) is 0. The summed E-state index contributed by atoms with van der Waals surface area (Å²) < 4.78 is 14.0. The number of carbonyl (C=O) groups is 1. The van der Waals surface area contributed by atoms with Gasteiger partial charge in [0.15, 0.2) is 0 Å². The normalized spacial score (nSPS) is 15.0. The molecule has 0 N–H and O–H groups in total. The van der Waals surface area contributed by atoms with E-state index in [0.29, 0.717) is 32.1 Å². The van der Waals surface area contributed by atoms with Gasteiger partial charge in [-0.25, -0.2) is 4.39 Å². The van der Waals surface area contributed by atoms with Crippen LogP contribution in [0.2, 0.25) is 0 Å². The van der Waals surface area contributed by atoms with E-state index in [-0.39, 0.29) is 22.7 Å². The summed E-state index contributed by atoms with van der Waals surface area (Å²) >= 11 is 0. The van der Waals surface area contributed by atoms with E-state index in [9.17, 15) is 19.3 Å². The maximum Gasteiger partial charge on any atom is 0.276 e. The number of carbonyl (C=O) groups excluding carboxylic acids is 1. The number of benzene rings is 2. The lowest BCUT2D eigenvalue weighted by molar-refractivity contribution is -0.385. The van der Waals surface area contributed by atoms with Crippen LogP contribution < -0.4 is 0 Å². The van der Waals surface area contributed by atoms with Crippen LogP contribution in [0.4, 0.5) is 10.1 Å². The minimum Gasteiger partial charge on any atom is -0.336 e. The second-order valence-corrected chi connectivity index (χ2v) is 7.82. The van der Waals surface area contributed by atoms with Gasteiger partial charge in [-0.15, -0.1) is 0 Å². The molecule has 0 unspecified atom stereocenters. The van der Waals surface area contributed by atoms with E-state index in [4.69, 9.17) is 0 Å². The molecule has 6 nitrogen and oxygen atoms in total. The molecule has 1 amide bonds. The van der Waals surface area contributed by atoms with Crippen LogP contribution in [-0.4, -0.2) is 46.8 Å². The Kier molecular flexibility index (Phi) is 6.27. The summed E-state index contributed by atoms with van der Waals surface area (Å²) in [7, 11) is 0. The molecule has 0 aromatic heterocycles. The minimum absolute atomic E-state index is 0.0255. The second kappa shape index (κ2) is 8.69. The summed E-state index contributed by atoms with van der Waals surface area (Å²) in [6.45, 7) is 8.90. The van der Waals surface area contributed by atoms with Crippen molar-refractivity contribution in [1.82, 2.24) is 9.80 Å². The third kappa shape index (κ3) is 4.79. The predicted octanol–water partition coefficient (Wildman–Crippen LogP) is 4.12. The van der Waals surface area contributed by atoms with Crippen molar-refractivity contribution >= 4 is 11.6 Å². The Balaban J connectivity index is 1.62. The highest BCUT2D eigenvalue weighted by Gasteiger charge is 2.25. The van der Waals surface area contributed by atoms with Gasteiger partial charge in [0, 0.05) is 44.4 Å². The van der Waals surface area contributed by atoms with E-state index in [1.807, 2.05) is 0 Å². The molecule has 0 saturated carbocycles. The average molecular weight is 399 g/mol. The fourth-order valence-electron chi connectivity index (χ4n) is 3.54. The molecule has 1 fully saturated rings. The molecule has 2 aromatic carbocycles. The van der Waals surface area contributed by atoms with Gasteiger partial charge in [0.05, 0.1) is 10.5 Å². The van der Waals surface area contributed by atoms with Crippen LogP contribution in [0.1, 0.15) is 46.8 Å². The Hall–Kier alpha value is -2.80. The summed E-state index contributed by atoms with van der Waals surface area (Å²) in [5, 5.41) is 11.1. The zero-order valence-electron chi connectivity index (χ0n) is 17.0. The number of halogens is 1. The largest absolute Gasteiger partial charge is 0.336 e. The van der Waals surface area contributed by atoms with Gasteiger partial charge in [0.2, 0.25) is 0 Å². The Bertz CT molecular complexity index is 904. The lowest BCUT2D eigenvalue weighted by Gasteiger charge is -2.34. The quantitative estimate of drug-likeness (QED) is 0.560. The first kappa shape index (κ1) is 20.9. The molecule has 1 aliphatic rings. The molecule has 3 rings (SSSR count). The van der Waals surface area contributed by atoms with E-state index in [1.54, 1.807) is 4.90 Å². The first-order chi connectivity index (χ1) is 13.8. The van der Waals surface area contributed by atoms with Crippen LogP contribution in [-0.2, 0) is 6.54 Å². The molecule has 1 saturated heterocycles. The van der Waals surface area contributed by atoms with Gasteiger partial charge in [-0.3, -0.25) is 19.8 Å². The molecule has 7 heteroatoms. The van der Waals surface area contributed by atoms with Gasteiger partial charge >= 0.3 is 0 Å². The minimum atomic E-state index is -0.731. The van der Waals surface area contributed by atoms with E-state index < -0.39 is 10.7 Å². The van der Waals surface area contributed by atoms with E-state index in [2.05, 4.69) is 43.0 Å². The molecule has 29 heavy (non-hydrogen) atoms. The van der Waals surface area contributed by atoms with Crippen molar-refractivity contribution in [1.29, 1.82) is 0 Å². The highest BCUT2D eigenvalue weighted by Crippen LogP contribution is 2.24. The summed E-state index contributed by atoms with van der Waals surface area (Å²) in [4.78, 5) is 27.1. The molecule has 0 spiro atoms. The first-order valence-electron chi connectivity index (χ1n) is 9.81. The second-order valence-electron chi connectivity index (χ2n) is 7.82. The average Bonchev–Trinajstić information content (AvgIpc) is 2.70. The Morgan fingerprint density at radius 2 is 1.76 bits per heavy atom. The highest BCUT2D eigenvalue weighted by atomic mass is 19.1. The monoisotopic (exact) mass is 399 g/mol. The zero-order valence-corrected chi connectivity index (χ0v) is 17.0. The summed E-state index contributed by atoms with van der Waals surface area (Å²) in [5.41, 5.74) is 2.14. The number of piperazine rings is 1. The molecule has 154 valence electrons. The van der Waals surface area contributed by atoms with Gasteiger partial charge in [-0.05, 0) is 30.0 Å². The maximum absolute atomic E-state index is 14.0. The topological polar surface area (TPSA) is 66.7 Å².